The fourth-order valence-electron chi connectivity index (χ4n) is 0. The summed E-state index contributed by atoms with van der Waals surface area (Å²) in [5.74, 6) is 0. The SMILES string of the molecule is C.C.CC(C)(C)C.CCC.[Y]. The molecule has 0 fully saturated rings. The number of hydrogen-bond donors (Lipinski definition) is 0. The van der Waals surface area contributed by atoms with E-state index >= 15 is 0 Å². The summed E-state index contributed by atoms with van der Waals surface area (Å²) in [5, 5.41) is 0. The van der Waals surface area contributed by atoms with Crippen molar-refractivity contribution in [2.75, 3.05) is 0 Å². The van der Waals surface area contributed by atoms with Crippen molar-refractivity contribution >= 4 is 0 Å². The van der Waals surface area contributed by atoms with Crippen LogP contribution in [0, 0.1) is 5.41 Å². The predicted octanol–water partition coefficient (Wildman–Crippen LogP) is 4.74. The van der Waals surface area contributed by atoms with Crippen molar-refractivity contribution < 1.29 is 32.7 Å². The van der Waals surface area contributed by atoms with Crippen molar-refractivity contribution in [2.45, 2.75) is 62.8 Å². The van der Waals surface area contributed by atoms with Gasteiger partial charge in [-0.25, -0.2) is 0 Å². The molecule has 0 atom stereocenters. The smallest absolute Gasteiger partial charge is 0 e. The van der Waals surface area contributed by atoms with Gasteiger partial charge in [0.05, 0.1) is 0 Å². The summed E-state index contributed by atoms with van der Waals surface area (Å²) in [6.07, 6.45) is 1.25. The van der Waals surface area contributed by atoms with Crippen molar-refractivity contribution in [1.82, 2.24) is 0 Å². The van der Waals surface area contributed by atoms with Crippen molar-refractivity contribution in [3.8, 4) is 0 Å². The molecule has 0 saturated carbocycles. The van der Waals surface area contributed by atoms with E-state index in [1.165, 1.54) is 6.42 Å². The van der Waals surface area contributed by atoms with E-state index in [1.807, 2.05) is 0 Å². The molecule has 0 aromatic heterocycles. The van der Waals surface area contributed by atoms with E-state index < -0.39 is 0 Å². The van der Waals surface area contributed by atoms with Gasteiger partial charge in [0.25, 0.3) is 0 Å². The largest absolute Gasteiger partial charge is 0.0776 e. The van der Waals surface area contributed by atoms with Gasteiger partial charge in [-0.05, 0) is 5.41 Å². The molecule has 0 nitrogen and oxygen atoms in total. The first kappa shape index (κ1) is 29.6. The Hall–Kier alpha value is 1.10. The zero-order valence-corrected chi connectivity index (χ0v) is 10.6. The summed E-state index contributed by atoms with van der Waals surface area (Å²) in [6, 6.07) is 0. The van der Waals surface area contributed by atoms with E-state index in [0.717, 1.165) is 0 Å². The van der Waals surface area contributed by atoms with Crippen molar-refractivity contribution in [3.05, 3.63) is 0 Å². The molecule has 0 aliphatic heterocycles. The number of hydrogen-bond acceptors (Lipinski definition) is 0. The van der Waals surface area contributed by atoms with Gasteiger partial charge < -0.3 is 0 Å². The Morgan fingerprint density at radius 2 is 0.818 bits per heavy atom. The fraction of sp³-hybridized carbons (Fsp3) is 1.00. The van der Waals surface area contributed by atoms with Crippen LogP contribution < -0.4 is 0 Å². The van der Waals surface area contributed by atoms with E-state index in [2.05, 4.69) is 41.5 Å². The Morgan fingerprint density at radius 1 is 0.818 bits per heavy atom. The van der Waals surface area contributed by atoms with Gasteiger partial charge >= 0.3 is 0 Å². The zero-order chi connectivity index (χ0) is 7.21. The van der Waals surface area contributed by atoms with E-state index in [-0.39, 0.29) is 47.6 Å². The summed E-state index contributed by atoms with van der Waals surface area (Å²) in [7, 11) is 0. The first-order chi connectivity index (χ1) is 3.41. The monoisotopic (exact) mass is 237 g/mol. The third kappa shape index (κ3) is 755. The van der Waals surface area contributed by atoms with Crippen LogP contribution >= 0.6 is 0 Å². The third-order valence-electron chi connectivity index (χ3n) is 0. The molecule has 71 valence electrons. The molecule has 11 heavy (non-hydrogen) atoms. The minimum absolute atomic E-state index is 0. The minimum atomic E-state index is 0. The first-order valence-electron chi connectivity index (χ1n) is 3.41. The van der Waals surface area contributed by atoms with Crippen molar-refractivity contribution in [3.63, 3.8) is 0 Å². The first-order valence-corrected chi connectivity index (χ1v) is 3.41. The van der Waals surface area contributed by atoms with E-state index in [0.29, 0.717) is 5.41 Å². The third-order valence-corrected chi connectivity index (χ3v) is 0. The van der Waals surface area contributed by atoms with Crippen LogP contribution in [0.4, 0.5) is 0 Å². The maximum absolute atomic E-state index is 2.19. The van der Waals surface area contributed by atoms with Crippen LogP contribution in [0.5, 0.6) is 0 Å². The van der Waals surface area contributed by atoms with Crippen LogP contribution in [0.2, 0.25) is 0 Å². The molecular formula is C10H28Y. The molecule has 0 spiro atoms. The number of rotatable bonds is 0. The Balaban J connectivity index is -0.0000000183. The quantitative estimate of drug-likeness (QED) is 0.571. The van der Waals surface area contributed by atoms with Gasteiger partial charge in [0.1, 0.15) is 0 Å². The van der Waals surface area contributed by atoms with Crippen LogP contribution in [-0.4, -0.2) is 0 Å². The summed E-state index contributed by atoms with van der Waals surface area (Å²) in [5.41, 5.74) is 0.500. The van der Waals surface area contributed by atoms with Crippen LogP contribution in [0.15, 0.2) is 0 Å². The van der Waals surface area contributed by atoms with Crippen LogP contribution in [-0.2, 0) is 32.7 Å². The normalized spacial score (nSPS) is 7.09. The Bertz CT molecular complexity index is 28.6. The van der Waals surface area contributed by atoms with Gasteiger partial charge in [0.2, 0.25) is 0 Å². The zero-order valence-electron chi connectivity index (χ0n) is 7.78. The van der Waals surface area contributed by atoms with E-state index in [1.54, 1.807) is 0 Å². The molecule has 1 radical (unpaired) electrons. The molecule has 0 saturated heterocycles. The topological polar surface area (TPSA) is 0 Å². The van der Waals surface area contributed by atoms with Crippen molar-refractivity contribution in [2.24, 2.45) is 5.41 Å². The van der Waals surface area contributed by atoms with Crippen LogP contribution in [0.1, 0.15) is 62.8 Å². The molecule has 0 heterocycles. The van der Waals surface area contributed by atoms with Gasteiger partial charge in [-0.2, -0.15) is 0 Å². The Kier molecular flexibility index (Phi) is 46.4. The summed E-state index contributed by atoms with van der Waals surface area (Å²) >= 11 is 0. The molecule has 0 aliphatic carbocycles. The van der Waals surface area contributed by atoms with Crippen LogP contribution in [0.3, 0.4) is 0 Å². The average Bonchev–Trinajstić information content (AvgIpc) is 1.27. The van der Waals surface area contributed by atoms with Crippen LogP contribution in [0.25, 0.3) is 0 Å². The standard InChI is InChI=1S/C5H12.C3H8.2CH4.Y/c1-5(2,3)4;1-3-2;;;/h1-4H3;3H2,1-2H3;2*1H4;. The van der Waals surface area contributed by atoms with Gasteiger partial charge in [-0.1, -0.05) is 62.8 Å². The van der Waals surface area contributed by atoms with E-state index in [4.69, 9.17) is 0 Å². The average molecular weight is 237 g/mol. The fourth-order valence-corrected chi connectivity index (χ4v) is 0. The molecule has 0 N–H and O–H groups in total. The Morgan fingerprint density at radius 3 is 0.818 bits per heavy atom. The molecule has 0 aliphatic rings. The molecular weight excluding hydrogens is 209 g/mol. The van der Waals surface area contributed by atoms with Gasteiger partial charge in [0, 0.05) is 32.7 Å². The summed E-state index contributed by atoms with van der Waals surface area (Å²) in [6.45, 7) is 13.0. The second kappa shape index (κ2) is 17.3. The molecule has 0 aromatic carbocycles. The molecule has 0 rings (SSSR count). The molecule has 1 heteroatoms. The molecule has 0 amide bonds. The van der Waals surface area contributed by atoms with E-state index in [9.17, 15) is 0 Å². The maximum atomic E-state index is 2.19. The summed E-state index contributed by atoms with van der Waals surface area (Å²) < 4.78 is 0. The van der Waals surface area contributed by atoms with Gasteiger partial charge in [-0.15, -0.1) is 0 Å². The summed E-state index contributed by atoms with van der Waals surface area (Å²) in [4.78, 5) is 0. The molecule has 0 aromatic rings. The maximum Gasteiger partial charge on any atom is 0 e. The second-order valence-corrected chi connectivity index (χ2v) is 3.71. The minimum Gasteiger partial charge on any atom is -0.0776 e. The van der Waals surface area contributed by atoms with Crippen molar-refractivity contribution in [1.29, 1.82) is 0 Å². The van der Waals surface area contributed by atoms with Gasteiger partial charge in [0.15, 0.2) is 0 Å². The Labute approximate surface area is 100 Å². The predicted molar refractivity (Wildman–Crippen MR) is 54.6 cm³/mol. The molecule has 0 bridgehead atoms. The molecule has 0 unspecified atom stereocenters. The van der Waals surface area contributed by atoms with Gasteiger partial charge in [-0.3, -0.25) is 0 Å². The second-order valence-electron chi connectivity index (χ2n) is 3.71.